The van der Waals surface area contributed by atoms with Crippen LogP contribution >= 0.6 is 0 Å². The molecule has 62 heavy (non-hydrogen) atoms. The summed E-state index contributed by atoms with van der Waals surface area (Å²) >= 11 is 0. The fourth-order valence-electron chi connectivity index (χ4n) is 5.99. The lowest BCUT2D eigenvalue weighted by Gasteiger charge is -2.11. The summed E-state index contributed by atoms with van der Waals surface area (Å²) in [5, 5.41) is 5.55. The molecule has 0 radical (unpaired) electrons. The van der Waals surface area contributed by atoms with E-state index in [0.29, 0.717) is 11.5 Å². The maximum atomic E-state index is 13.7. The molecule has 0 unspecified atom stereocenters. The van der Waals surface area contributed by atoms with Gasteiger partial charge in [0.2, 0.25) is 11.6 Å². The minimum atomic E-state index is -4.74. The second-order valence-corrected chi connectivity index (χ2v) is 12.9. The molecule has 22 heteroatoms. The van der Waals surface area contributed by atoms with Crippen molar-refractivity contribution in [2.75, 3.05) is 24.9 Å². The number of nitrogens with one attached hydrogen (secondary N) is 2. The molecule has 0 aliphatic heterocycles. The Kier molecular flexibility index (Phi) is 11.8. The zero-order valence-corrected chi connectivity index (χ0v) is 31.8. The van der Waals surface area contributed by atoms with Crippen molar-refractivity contribution in [2.45, 2.75) is 25.4 Å². The van der Waals surface area contributed by atoms with E-state index in [0.717, 1.165) is 51.9 Å². The Morgan fingerprint density at radius 1 is 0.516 bits per heavy atom. The van der Waals surface area contributed by atoms with Crippen LogP contribution in [0.3, 0.4) is 0 Å². The van der Waals surface area contributed by atoms with Gasteiger partial charge in [0.1, 0.15) is 46.4 Å². The molecule has 0 saturated carbocycles. The molecule has 2 N–H and O–H groups in total. The SMILES string of the molecule is COc1ccc2c(c1)nc(C(F)(F)F)n2-c1cnc(NCc2cc(F)ccc2F)cn1.COc1ccc2c(c1)nc(C(F)(F)F)n2-c1cnc(NCc2ccc(F)cc2F)cn1. The van der Waals surface area contributed by atoms with Gasteiger partial charge in [-0.2, -0.15) is 26.3 Å². The van der Waals surface area contributed by atoms with Gasteiger partial charge in [-0.25, -0.2) is 47.5 Å². The molecule has 12 nitrogen and oxygen atoms in total. The molecule has 4 aromatic carbocycles. The minimum absolute atomic E-state index is 0.0122. The molecule has 0 spiro atoms. The van der Waals surface area contributed by atoms with Crippen molar-refractivity contribution >= 4 is 33.7 Å². The third kappa shape index (κ3) is 9.27. The van der Waals surface area contributed by atoms with Crippen LogP contribution in [0.5, 0.6) is 11.5 Å². The molecule has 0 aliphatic rings. The third-order valence-electron chi connectivity index (χ3n) is 8.91. The summed E-state index contributed by atoms with van der Waals surface area (Å²) in [6, 6.07) is 14.9. The maximum absolute atomic E-state index is 13.7. The standard InChI is InChI=1S/2C20H14F5N5O/c1-31-13-3-5-16-15(7-13)29-19(20(23,24)25)30(16)18-10-27-17(9-28-18)26-8-11-6-12(21)2-4-14(11)22;1-31-13-4-5-16-15(7-13)29-19(20(23,24)25)30(16)18-10-27-17(9-28-18)26-8-11-2-3-12(21)6-14(11)22/h2*2-7,9-10H,8H2,1H3,(H,26,27). The van der Waals surface area contributed by atoms with Crippen LogP contribution in [0.1, 0.15) is 22.8 Å². The molecule has 0 saturated heterocycles. The molecule has 8 aromatic rings. The van der Waals surface area contributed by atoms with E-state index in [-0.39, 0.29) is 69.6 Å². The molecule has 320 valence electrons. The number of aromatic nitrogens is 8. The van der Waals surface area contributed by atoms with Crippen molar-refractivity contribution in [3.05, 3.63) is 144 Å². The summed E-state index contributed by atoms with van der Waals surface area (Å²) in [4.78, 5) is 23.5. The lowest BCUT2D eigenvalue weighted by Crippen LogP contribution is -2.15. The number of hydrogen-bond acceptors (Lipinski definition) is 10. The van der Waals surface area contributed by atoms with E-state index in [9.17, 15) is 43.9 Å². The Balaban J connectivity index is 0.000000186. The van der Waals surface area contributed by atoms with Crippen molar-refractivity contribution in [2.24, 2.45) is 0 Å². The number of halogens is 10. The number of benzene rings is 4. The van der Waals surface area contributed by atoms with Gasteiger partial charge in [-0.05, 0) is 48.5 Å². The summed E-state index contributed by atoms with van der Waals surface area (Å²) in [5.41, 5.74) is 0.780. The van der Waals surface area contributed by atoms with Gasteiger partial charge in [-0.3, -0.25) is 9.13 Å². The zero-order valence-electron chi connectivity index (χ0n) is 31.8. The van der Waals surface area contributed by atoms with E-state index < -0.39 is 47.3 Å². The van der Waals surface area contributed by atoms with Gasteiger partial charge < -0.3 is 20.1 Å². The van der Waals surface area contributed by atoms with E-state index in [1.165, 1.54) is 69.1 Å². The first kappa shape index (κ1) is 42.6. The van der Waals surface area contributed by atoms with Crippen LogP contribution in [0.4, 0.5) is 55.5 Å². The third-order valence-corrected chi connectivity index (χ3v) is 8.91. The quantitative estimate of drug-likeness (QED) is 0.128. The summed E-state index contributed by atoms with van der Waals surface area (Å²) in [6.45, 7) is -0.0963. The lowest BCUT2D eigenvalue weighted by atomic mass is 10.2. The van der Waals surface area contributed by atoms with Crippen LogP contribution in [0, 0.1) is 23.3 Å². The van der Waals surface area contributed by atoms with Crippen LogP contribution < -0.4 is 20.1 Å². The molecule has 0 bridgehead atoms. The van der Waals surface area contributed by atoms with Gasteiger partial charge in [-0.1, -0.05) is 6.07 Å². The smallest absolute Gasteiger partial charge is 0.450 e. The van der Waals surface area contributed by atoms with Crippen molar-refractivity contribution in [3.63, 3.8) is 0 Å². The van der Waals surface area contributed by atoms with Crippen LogP contribution in [0.25, 0.3) is 33.7 Å². The van der Waals surface area contributed by atoms with E-state index in [2.05, 4.69) is 40.5 Å². The summed E-state index contributed by atoms with van der Waals surface area (Å²) < 4.78 is 147. The predicted octanol–water partition coefficient (Wildman–Crippen LogP) is 9.47. The summed E-state index contributed by atoms with van der Waals surface area (Å²) in [7, 11) is 2.80. The normalized spacial score (nSPS) is 11.7. The fourth-order valence-corrected chi connectivity index (χ4v) is 5.99. The minimum Gasteiger partial charge on any atom is -0.497 e. The lowest BCUT2D eigenvalue weighted by molar-refractivity contribution is -0.146. The Morgan fingerprint density at radius 3 is 1.42 bits per heavy atom. The van der Waals surface area contributed by atoms with Gasteiger partial charge in [0, 0.05) is 42.4 Å². The van der Waals surface area contributed by atoms with E-state index in [4.69, 9.17) is 9.47 Å². The number of anilines is 2. The Bertz CT molecular complexity index is 2860. The number of methoxy groups -OCH3 is 2. The van der Waals surface area contributed by atoms with E-state index in [1.54, 1.807) is 0 Å². The Hall–Kier alpha value is -7.52. The highest BCUT2D eigenvalue weighted by atomic mass is 19.4. The topological polar surface area (TPSA) is 130 Å². The Morgan fingerprint density at radius 2 is 0.984 bits per heavy atom. The Labute approximate surface area is 342 Å². The highest BCUT2D eigenvalue weighted by Crippen LogP contribution is 2.36. The second-order valence-electron chi connectivity index (χ2n) is 12.9. The molecule has 4 heterocycles. The van der Waals surface area contributed by atoms with Gasteiger partial charge in [0.15, 0.2) is 11.6 Å². The van der Waals surface area contributed by atoms with E-state index in [1.807, 2.05) is 0 Å². The summed E-state index contributed by atoms with van der Waals surface area (Å²) in [6.07, 6.45) is -4.78. The number of ether oxygens (including phenoxy) is 2. The largest absolute Gasteiger partial charge is 0.497 e. The number of alkyl halides is 6. The van der Waals surface area contributed by atoms with Crippen molar-refractivity contribution in [1.82, 2.24) is 39.0 Å². The molecular formula is C40H28F10N10O2. The van der Waals surface area contributed by atoms with Crippen LogP contribution in [-0.4, -0.2) is 53.3 Å². The predicted molar refractivity (Wildman–Crippen MR) is 204 cm³/mol. The molecule has 0 atom stereocenters. The highest BCUT2D eigenvalue weighted by molar-refractivity contribution is 5.80. The number of nitrogens with zero attached hydrogens (tertiary/aromatic N) is 8. The first-order valence-electron chi connectivity index (χ1n) is 17.8. The van der Waals surface area contributed by atoms with Crippen LogP contribution in [0.15, 0.2) is 97.6 Å². The highest BCUT2D eigenvalue weighted by Gasteiger charge is 2.39. The molecule has 8 rings (SSSR count). The molecular weight excluding hydrogens is 842 g/mol. The van der Waals surface area contributed by atoms with Crippen molar-refractivity contribution in [3.8, 4) is 23.1 Å². The zero-order chi connectivity index (χ0) is 44.3. The average molecular weight is 871 g/mol. The number of hydrogen-bond donors (Lipinski definition) is 2. The number of rotatable bonds is 10. The first-order chi connectivity index (χ1) is 29.5. The van der Waals surface area contributed by atoms with Gasteiger partial charge in [-0.15, -0.1) is 0 Å². The molecule has 4 aromatic heterocycles. The maximum Gasteiger partial charge on any atom is 0.450 e. The van der Waals surface area contributed by atoms with Gasteiger partial charge >= 0.3 is 12.4 Å². The van der Waals surface area contributed by atoms with Crippen molar-refractivity contribution < 1.29 is 53.4 Å². The van der Waals surface area contributed by atoms with Gasteiger partial charge in [0.25, 0.3) is 0 Å². The summed E-state index contributed by atoms with van der Waals surface area (Å²) in [5.74, 6) is -4.04. The first-order valence-corrected chi connectivity index (χ1v) is 17.8. The number of fused-ring (bicyclic) bond motifs is 2. The fraction of sp³-hybridized carbons (Fsp3) is 0.150. The van der Waals surface area contributed by atoms with Crippen LogP contribution in [0.2, 0.25) is 0 Å². The van der Waals surface area contributed by atoms with E-state index >= 15 is 0 Å². The van der Waals surface area contributed by atoms with Gasteiger partial charge in [0.05, 0.1) is 61.1 Å². The van der Waals surface area contributed by atoms with Crippen molar-refractivity contribution in [1.29, 1.82) is 0 Å². The number of imidazole rings is 2. The molecule has 0 aliphatic carbocycles. The van der Waals surface area contributed by atoms with Crippen LogP contribution in [-0.2, 0) is 25.4 Å². The molecule has 0 fully saturated rings. The average Bonchev–Trinajstić information content (AvgIpc) is 3.84. The monoisotopic (exact) mass is 870 g/mol. The second kappa shape index (κ2) is 17.2. The molecule has 0 amide bonds.